The fourth-order valence-corrected chi connectivity index (χ4v) is 1.49. The predicted molar refractivity (Wildman–Crippen MR) is 66.8 cm³/mol. The number of carboxylic acid groups (broad SMARTS) is 1. The van der Waals surface area contributed by atoms with Gasteiger partial charge in [0.05, 0.1) is 5.56 Å². The highest BCUT2D eigenvalue weighted by molar-refractivity contribution is 6.04. The number of anilines is 1. The Balaban J connectivity index is 2.13. The van der Waals surface area contributed by atoms with E-state index in [-0.39, 0.29) is 11.1 Å². The number of carbonyl (C=O) groups is 2. The molecule has 6 nitrogen and oxygen atoms in total. The SMILES string of the molecule is O=C(O)c1ccc(NC(=O)c2ccc[n+]([O-])c2)cc1. The minimum absolute atomic E-state index is 0.134. The molecule has 0 aliphatic heterocycles. The van der Waals surface area contributed by atoms with E-state index in [9.17, 15) is 14.8 Å². The molecule has 0 unspecified atom stereocenters. The second-order valence-corrected chi connectivity index (χ2v) is 3.79. The molecule has 6 heteroatoms. The molecular formula is C13H10N2O4. The highest BCUT2D eigenvalue weighted by Crippen LogP contribution is 2.11. The van der Waals surface area contributed by atoms with Crippen LogP contribution in [0.2, 0.25) is 0 Å². The largest absolute Gasteiger partial charge is 0.619 e. The van der Waals surface area contributed by atoms with Gasteiger partial charge in [-0.05, 0) is 30.3 Å². The fourth-order valence-electron chi connectivity index (χ4n) is 1.49. The highest BCUT2D eigenvalue weighted by atomic mass is 16.5. The number of amides is 1. The van der Waals surface area contributed by atoms with Crippen molar-refractivity contribution in [3.63, 3.8) is 0 Å². The molecule has 0 aliphatic rings. The summed E-state index contributed by atoms with van der Waals surface area (Å²) in [6, 6.07) is 8.71. The molecule has 0 spiro atoms. The molecule has 0 bridgehead atoms. The maximum Gasteiger partial charge on any atom is 0.335 e. The Bertz CT molecular complexity index is 623. The van der Waals surface area contributed by atoms with E-state index < -0.39 is 11.9 Å². The predicted octanol–water partition coefficient (Wildman–Crippen LogP) is 1.27. The summed E-state index contributed by atoms with van der Waals surface area (Å²) < 4.78 is 0.530. The van der Waals surface area contributed by atoms with E-state index >= 15 is 0 Å². The topological polar surface area (TPSA) is 93.3 Å². The Morgan fingerprint density at radius 3 is 2.37 bits per heavy atom. The molecule has 19 heavy (non-hydrogen) atoms. The van der Waals surface area contributed by atoms with Crippen LogP contribution in [0, 0.1) is 5.21 Å². The van der Waals surface area contributed by atoms with E-state index in [4.69, 9.17) is 5.11 Å². The standard InChI is InChI=1S/C13H10N2O4/c16-12(10-2-1-7-15(19)8-10)14-11-5-3-9(4-6-11)13(17)18/h1-8H,(H,14,16)(H,17,18). The summed E-state index contributed by atoms with van der Waals surface area (Å²) >= 11 is 0. The van der Waals surface area contributed by atoms with Crippen LogP contribution in [0.15, 0.2) is 48.8 Å². The van der Waals surface area contributed by atoms with Crippen molar-refractivity contribution in [3.8, 4) is 0 Å². The zero-order valence-electron chi connectivity index (χ0n) is 9.74. The molecule has 2 rings (SSSR count). The average Bonchev–Trinajstić information content (AvgIpc) is 2.39. The summed E-state index contributed by atoms with van der Waals surface area (Å²) in [5.74, 6) is -1.47. The van der Waals surface area contributed by atoms with Crippen molar-refractivity contribution in [1.29, 1.82) is 0 Å². The number of aromatic nitrogens is 1. The Morgan fingerprint density at radius 2 is 1.79 bits per heavy atom. The molecule has 0 fully saturated rings. The molecule has 2 N–H and O–H groups in total. The number of nitrogens with zero attached hydrogens (tertiary/aromatic N) is 1. The average molecular weight is 258 g/mol. The molecule has 2 aromatic rings. The molecule has 96 valence electrons. The Labute approximate surface area is 108 Å². The number of hydrogen-bond acceptors (Lipinski definition) is 3. The quantitative estimate of drug-likeness (QED) is 0.640. The monoisotopic (exact) mass is 258 g/mol. The number of nitrogens with one attached hydrogen (secondary N) is 1. The number of benzene rings is 1. The number of rotatable bonds is 3. The van der Waals surface area contributed by atoms with Gasteiger partial charge in [0.25, 0.3) is 5.91 Å². The van der Waals surface area contributed by atoms with Gasteiger partial charge < -0.3 is 15.6 Å². The molecule has 1 aromatic heterocycles. The first-order valence-corrected chi connectivity index (χ1v) is 5.40. The van der Waals surface area contributed by atoms with Crippen molar-refractivity contribution in [1.82, 2.24) is 0 Å². The van der Waals surface area contributed by atoms with Gasteiger partial charge >= 0.3 is 5.97 Å². The molecular weight excluding hydrogens is 248 g/mol. The zero-order chi connectivity index (χ0) is 13.8. The number of hydrogen-bond donors (Lipinski definition) is 2. The second-order valence-electron chi connectivity index (χ2n) is 3.79. The van der Waals surface area contributed by atoms with E-state index in [1.54, 1.807) is 0 Å². The first-order valence-electron chi connectivity index (χ1n) is 5.40. The minimum atomic E-state index is -1.03. The van der Waals surface area contributed by atoms with Crippen LogP contribution in [-0.2, 0) is 0 Å². The molecule has 1 heterocycles. The van der Waals surface area contributed by atoms with Gasteiger partial charge in [-0.25, -0.2) is 4.79 Å². The van der Waals surface area contributed by atoms with Crippen LogP contribution in [0.5, 0.6) is 0 Å². The molecule has 1 amide bonds. The smallest absolute Gasteiger partial charge is 0.335 e. The fraction of sp³-hybridized carbons (Fsp3) is 0. The lowest BCUT2D eigenvalue weighted by molar-refractivity contribution is -0.605. The summed E-state index contributed by atoms with van der Waals surface area (Å²) in [4.78, 5) is 22.5. The van der Waals surface area contributed by atoms with Crippen LogP contribution < -0.4 is 10.0 Å². The van der Waals surface area contributed by atoms with Crippen LogP contribution in [0.3, 0.4) is 0 Å². The first kappa shape index (κ1) is 12.6. The van der Waals surface area contributed by atoms with Gasteiger partial charge in [-0.3, -0.25) is 4.79 Å². The summed E-state index contributed by atoms with van der Waals surface area (Å²) in [5.41, 5.74) is 0.811. The Hall–Kier alpha value is -2.89. The lowest BCUT2D eigenvalue weighted by atomic mass is 10.2. The van der Waals surface area contributed by atoms with Crippen molar-refractivity contribution in [3.05, 3.63) is 65.1 Å². The first-order chi connectivity index (χ1) is 9.06. The van der Waals surface area contributed by atoms with Crippen molar-refractivity contribution < 1.29 is 19.4 Å². The molecule has 0 aliphatic carbocycles. The normalized spacial score (nSPS) is 9.89. The van der Waals surface area contributed by atoms with Gasteiger partial charge in [-0.15, -0.1) is 0 Å². The molecule has 0 atom stereocenters. The third-order valence-electron chi connectivity index (χ3n) is 2.43. The molecule has 0 saturated heterocycles. The number of aromatic carboxylic acids is 1. The van der Waals surface area contributed by atoms with Crippen LogP contribution in [0.1, 0.15) is 20.7 Å². The molecule has 1 aromatic carbocycles. The highest BCUT2D eigenvalue weighted by Gasteiger charge is 2.09. The molecule has 0 saturated carbocycles. The van der Waals surface area contributed by atoms with Gasteiger partial charge in [0.2, 0.25) is 0 Å². The summed E-state index contributed by atoms with van der Waals surface area (Å²) in [6.07, 6.45) is 2.43. The van der Waals surface area contributed by atoms with Crippen LogP contribution >= 0.6 is 0 Å². The second kappa shape index (κ2) is 5.18. The van der Waals surface area contributed by atoms with E-state index in [1.807, 2.05) is 0 Å². The van der Waals surface area contributed by atoms with Crippen LogP contribution in [0.4, 0.5) is 5.69 Å². The summed E-state index contributed by atoms with van der Waals surface area (Å²) in [7, 11) is 0. The number of carboxylic acids is 1. The Kier molecular flexibility index (Phi) is 3.42. The van der Waals surface area contributed by atoms with Gasteiger partial charge in [0.15, 0.2) is 12.4 Å². The van der Waals surface area contributed by atoms with Crippen molar-refractivity contribution in [2.75, 3.05) is 5.32 Å². The maximum absolute atomic E-state index is 11.8. The third kappa shape index (κ3) is 3.06. The lowest BCUT2D eigenvalue weighted by Crippen LogP contribution is -2.27. The van der Waals surface area contributed by atoms with Gasteiger partial charge in [-0.1, -0.05) is 0 Å². The van der Waals surface area contributed by atoms with Gasteiger partial charge in [0.1, 0.15) is 5.56 Å². The van der Waals surface area contributed by atoms with Crippen molar-refractivity contribution in [2.45, 2.75) is 0 Å². The third-order valence-corrected chi connectivity index (χ3v) is 2.43. The van der Waals surface area contributed by atoms with E-state index in [1.165, 1.54) is 42.6 Å². The maximum atomic E-state index is 11.8. The lowest BCUT2D eigenvalue weighted by Gasteiger charge is -2.05. The number of pyridine rings is 1. The Morgan fingerprint density at radius 1 is 1.11 bits per heavy atom. The van der Waals surface area contributed by atoms with E-state index in [0.29, 0.717) is 10.4 Å². The van der Waals surface area contributed by atoms with Crippen LogP contribution in [-0.4, -0.2) is 17.0 Å². The van der Waals surface area contributed by atoms with Gasteiger partial charge in [-0.2, -0.15) is 4.73 Å². The minimum Gasteiger partial charge on any atom is -0.619 e. The van der Waals surface area contributed by atoms with Gasteiger partial charge in [0, 0.05) is 11.8 Å². The summed E-state index contributed by atoms with van der Waals surface area (Å²) in [6.45, 7) is 0. The molecule has 0 radical (unpaired) electrons. The van der Waals surface area contributed by atoms with Crippen molar-refractivity contribution in [2.24, 2.45) is 0 Å². The van der Waals surface area contributed by atoms with E-state index in [0.717, 1.165) is 6.20 Å². The van der Waals surface area contributed by atoms with Crippen LogP contribution in [0.25, 0.3) is 0 Å². The number of carbonyl (C=O) groups excluding carboxylic acids is 1. The van der Waals surface area contributed by atoms with Crippen molar-refractivity contribution >= 4 is 17.6 Å². The zero-order valence-corrected chi connectivity index (χ0v) is 9.74. The summed E-state index contributed by atoms with van der Waals surface area (Å²) in [5, 5.41) is 22.3. The van der Waals surface area contributed by atoms with E-state index in [2.05, 4.69) is 5.32 Å².